The van der Waals surface area contributed by atoms with Gasteiger partial charge >= 0.3 is 5.97 Å². The molecule has 0 aliphatic carbocycles. The van der Waals surface area contributed by atoms with E-state index in [2.05, 4.69) is 4.98 Å². The average molecular weight is 387 g/mol. The fourth-order valence-electron chi connectivity index (χ4n) is 2.39. The van der Waals surface area contributed by atoms with Gasteiger partial charge in [0, 0.05) is 10.9 Å². The molecule has 0 N–H and O–H groups in total. The first kappa shape index (κ1) is 18.8. The van der Waals surface area contributed by atoms with Gasteiger partial charge in [-0.3, -0.25) is 0 Å². The lowest BCUT2D eigenvalue weighted by Crippen LogP contribution is -2.06. The van der Waals surface area contributed by atoms with Crippen LogP contribution in [0.4, 0.5) is 4.39 Å². The molecule has 0 bridgehead atoms. The number of ether oxygens (including phenoxy) is 3. The Morgan fingerprint density at radius 1 is 1.15 bits per heavy atom. The fraction of sp³-hybridized carbons (Fsp3) is 0.200. The molecule has 0 spiro atoms. The van der Waals surface area contributed by atoms with Gasteiger partial charge in [0.15, 0.2) is 11.5 Å². The van der Waals surface area contributed by atoms with Crippen LogP contribution in [0.15, 0.2) is 47.8 Å². The van der Waals surface area contributed by atoms with Gasteiger partial charge in [0.25, 0.3) is 0 Å². The summed E-state index contributed by atoms with van der Waals surface area (Å²) in [5.74, 6) is 0.267. The number of methoxy groups -OCH3 is 1. The minimum atomic E-state index is -0.477. The molecule has 0 unspecified atom stereocenters. The predicted molar refractivity (Wildman–Crippen MR) is 101 cm³/mol. The smallest absolute Gasteiger partial charge is 0.338 e. The van der Waals surface area contributed by atoms with E-state index in [0.29, 0.717) is 29.4 Å². The monoisotopic (exact) mass is 387 g/mol. The second-order valence-corrected chi connectivity index (χ2v) is 6.38. The second-order valence-electron chi connectivity index (χ2n) is 5.53. The van der Waals surface area contributed by atoms with Gasteiger partial charge in [0.05, 0.1) is 25.0 Å². The summed E-state index contributed by atoms with van der Waals surface area (Å²) in [6.07, 6.45) is 0. The number of carbonyl (C=O) groups is 1. The molecule has 7 heteroatoms. The van der Waals surface area contributed by atoms with Crippen LogP contribution in [-0.4, -0.2) is 24.7 Å². The Morgan fingerprint density at radius 3 is 2.63 bits per heavy atom. The Morgan fingerprint density at radius 2 is 1.93 bits per heavy atom. The van der Waals surface area contributed by atoms with Crippen molar-refractivity contribution < 1.29 is 23.4 Å². The minimum Gasteiger partial charge on any atom is -0.493 e. The third kappa shape index (κ3) is 4.62. The molecule has 1 heterocycles. The van der Waals surface area contributed by atoms with Gasteiger partial charge in [-0.1, -0.05) is 0 Å². The molecule has 27 heavy (non-hydrogen) atoms. The molecule has 0 atom stereocenters. The minimum absolute atomic E-state index is 0.0481. The number of nitrogens with zero attached hydrogens (tertiary/aromatic N) is 1. The zero-order chi connectivity index (χ0) is 19.2. The molecule has 1 aromatic heterocycles. The number of halogens is 1. The highest BCUT2D eigenvalue weighted by Crippen LogP contribution is 2.29. The molecule has 0 saturated heterocycles. The van der Waals surface area contributed by atoms with E-state index in [1.165, 1.54) is 30.6 Å². The fourth-order valence-corrected chi connectivity index (χ4v) is 3.20. The molecule has 0 radical (unpaired) electrons. The van der Waals surface area contributed by atoms with Crippen molar-refractivity contribution in [2.75, 3.05) is 13.7 Å². The first-order chi connectivity index (χ1) is 13.1. The molecular weight excluding hydrogens is 369 g/mol. The summed E-state index contributed by atoms with van der Waals surface area (Å²) >= 11 is 1.41. The third-order valence-corrected chi connectivity index (χ3v) is 4.63. The molecule has 3 aromatic rings. The van der Waals surface area contributed by atoms with Crippen molar-refractivity contribution in [3.8, 4) is 22.1 Å². The Labute approximate surface area is 160 Å². The Kier molecular flexibility index (Phi) is 6.03. The van der Waals surface area contributed by atoms with Crippen LogP contribution in [0.3, 0.4) is 0 Å². The van der Waals surface area contributed by atoms with Gasteiger partial charge in [-0.2, -0.15) is 0 Å². The molecule has 0 amide bonds. The normalized spacial score (nSPS) is 10.5. The Bertz CT molecular complexity index is 924. The van der Waals surface area contributed by atoms with Crippen molar-refractivity contribution in [1.29, 1.82) is 0 Å². The summed E-state index contributed by atoms with van der Waals surface area (Å²) in [5.41, 5.74) is 1.81. The van der Waals surface area contributed by atoms with Crippen molar-refractivity contribution in [3.63, 3.8) is 0 Å². The summed E-state index contributed by atoms with van der Waals surface area (Å²) < 4.78 is 29.0. The van der Waals surface area contributed by atoms with Crippen LogP contribution >= 0.6 is 11.3 Å². The van der Waals surface area contributed by atoms with Gasteiger partial charge in [0.1, 0.15) is 17.4 Å². The van der Waals surface area contributed by atoms with Gasteiger partial charge in [0.2, 0.25) is 0 Å². The molecule has 0 fully saturated rings. The van der Waals surface area contributed by atoms with Gasteiger partial charge < -0.3 is 14.2 Å². The lowest BCUT2D eigenvalue weighted by molar-refractivity contribution is 0.0468. The largest absolute Gasteiger partial charge is 0.493 e. The van der Waals surface area contributed by atoms with E-state index in [-0.39, 0.29) is 12.4 Å². The highest BCUT2D eigenvalue weighted by molar-refractivity contribution is 7.13. The van der Waals surface area contributed by atoms with Crippen molar-refractivity contribution >= 4 is 17.3 Å². The van der Waals surface area contributed by atoms with Crippen LogP contribution in [0.1, 0.15) is 23.0 Å². The van der Waals surface area contributed by atoms with E-state index < -0.39 is 5.97 Å². The molecule has 3 rings (SSSR count). The SMILES string of the molecule is CCOc1cc(C(=O)OCc2csc(-c3ccc(F)cc3)n2)ccc1OC. The molecule has 0 aliphatic rings. The Balaban J connectivity index is 1.66. The van der Waals surface area contributed by atoms with Crippen molar-refractivity contribution in [1.82, 2.24) is 4.98 Å². The molecule has 0 aliphatic heterocycles. The maximum absolute atomic E-state index is 13.0. The molecule has 5 nitrogen and oxygen atoms in total. The van der Waals surface area contributed by atoms with Crippen molar-refractivity contribution in [2.45, 2.75) is 13.5 Å². The van der Waals surface area contributed by atoms with Gasteiger partial charge in [-0.05, 0) is 49.4 Å². The van der Waals surface area contributed by atoms with Crippen LogP contribution in [0.25, 0.3) is 10.6 Å². The Hall–Kier alpha value is -2.93. The number of thiazole rings is 1. The van der Waals surface area contributed by atoms with Crippen LogP contribution in [0.5, 0.6) is 11.5 Å². The van der Waals surface area contributed by atoms with Crippen LogP contribution in [-0.2, 0) is 11.3 Å². The molecule has 140 valence electrons. The summed E-state index contributed by atoms with van der Waals surface area (Å²) in [4.78, 5) is 16.7. The third-order valence-electron chi connectivity index (χ3n) is 3.69. The van der Waals surface area contributed by atoms with E-state index in [0.717, 1.165) is 10.6 Å². The summed E-state index contributed by atoms with van der Waals surface area (Å²) in [6.45, 7) is 2.36. The van der Waals surface area contributed by atoms with E-state index in [9.17, 15) is 9.18 Å². The first-order valence-electron chi connectivity index (χ1n) is 8.29. The standard InChI is InChI=1S/C20H18FNO4S/c1-3-25-18-10-14(6-9-17(18)24-2)20(23)26-11-16-12-27-19(22-16)13-4-7-15(21)8-5-13/h4-10,12H,3,11H2,1-2H3. The topological polar surface area (TPSA) is 57.7 Å². The number of benzene rings is 2. The number of aromatic nitrogens is 1. The second kappa shape index (κ2) is 8.64. The number of carbonyl (C=O) groups excluding carboxylic acids is 1. The van der Waals surface area contributed by atoms with E-state index in [1.54, 1.807) is 30.3 Å². The summed E-state index contributed by atoms with van der Waals surface area (Å²) in [7, 11) is 1.54. The maximum atomic E-state index is 13.0. The zero-order valence-corrected chi connectivity index (χ0v) is 15.7. The van der Waals surface area contributed by atoms with E-state index in [1.807, 2.05) is 12.3 Å². The van der Waals surface area contributed by atoms with Crippen molar-refractivity contribution in [2.24, 2.45) is 0 Å². The number of rotatable bonds is 7. The quantitative estimate of drug-likeness (QED) is 0.550. The molecule has 0 saturated carbocycles. The van der Waals surface area contributed by atoms with Crippen LogP contribution in [0.2, 0.25) is 0 Å². The van der Waals surface area contributed by atoms with E-state index in [4.69, 9.17) is 14.2 Å². The average Bonchev–Trinajstić information content (AvgIpc) is 3.16. The van der Waals surface area contributed by atoms with Gasteiger partial charge in [-0.25, -0.2) is 14.2 Å². The van der Waals surface area contributed by atoms with Crippen LogP contribution < -0.4 is 9.47 Å². The summed E-state index contributed by atoms with van der Waals surface area (Å²) in [6, 6.07) is 11.0. The number of hydrogen-bond acceptors (Lipinski definition) is 6. The number of esters is 1. The molecule has 2 aromatic carbocycles. The van der Waals surface area contributed by atoms with Crippen molar-refractivity contribution in [3.05, 3.63) is 64.9 Å². The zero-order valence-electron chi connectivity index (χ0n) is 14.9. The van der Waals surface area contributed by atoms with Gasteiger partial charge in [-0.15, -0.1) is 11.3 Å². The highest BCUT2D eigenvalue weighted by Gasteiger charge is 2.13. The van der Waals surface area contributed by atoms with E-state index >= 15 is 0 Å². The first-order valence-corrected chi connectivity index (χ1v) is 9.17. The number of hydrogen-bond donors (Lipinski definition) is 0. The lowest BCUT2D eigenvalue weighted by Gasteiger charge is -2.10. The predicted octanol–water partition coefficient (Wildman–Crippen LogP) is 4.71. The molecular formula is C20H18FNO4S. The summed E-state index contributed by atoms with van der Waals surface area (Å²) in [5, 5.41) is 2.55. The maximum Gasteiger partial charge on any atom is 0.338 e. The highest BCUT2D eigenvalue weighted by atomic mass is 32.1. The lowest BCUT2D eigenvalue weighted by atomic mass is 10.2. The van der Waals surface area contributed by atoms with Crippen LogP contribution in [0, 0.1) is 5.82 Å².